The average molecular weight is 492 g/mol. The zero-order chi connectivity index (χ0) is 16.1. The molecule has 2 aromatic heterocycles. The van der Waals surface area contributed by atoms with E-state index in [4.69, 9.17) is 0 Å². The van der Waals surface area contributed by atoms with E-state index in [0.29, 0.717) is 6.54 Å². The van der Waals surface area contributed by atoms with Crippen molar-refractivity contribution in [3.63, 3.8) is 0 Å². The van der Waals surface area contributed by atoms with Gasteiger partial charge in [-0.3, -0.25) is 9.98 Å². The maximum absolute atomic E-state index is 4.34. The molecule has 0 fully saturated rings. The second-order valence-corrected chi connectivity index (χ2v) is 6.24. The normalized spacial score (nSPS) is 11.1. The van der Waals surface area contributed by atoms with Crippen LogP contribution in [0, 0.1) is 6.92 Å². The van der Waals surface area contributed by atoms with Crippen LogP contribution in [-0.4, -0.2) is 34.5 Å². The molecule has 0 aromatic carbocycles. The van der Waals surface area contributed by atoms with E-state index in [1.807, 2.05) is 33.3 Å². The van der Waals surface area contributed by atoms with E-state index in [-0.39, 0.29) is 24.0 Å². The first-order valence-corrected chi connectivity index (χ1v) is 7.93. The van der Waals surface area contributed by atoms with Gasteiger partial charge in [-0.15, -0.1) is 24.0 Å². The number of aryl methyl sites for hydroxylation is 2. The highest BCUT2D eigenvalue weighted by Gasteiger charge is 2.09. The van der Waals surface area contributed by atoms with E-state index < -0.39 is 0 Å². The molecule has 126 valence electrons. The van der Waals surface area contributed by atoms with Crippen molar-refractivity contribution in [2.24, 2.45) is 12.0 Å². The highest BCUT2D eigenvalue weighted by molar-refractivity contribution is 14.0. The van der Waals surface area contributed by atoms with E-state index in [2.05, 4.69) is 59.0 Å². The van der Waals surface area contributed by atoms with Gasteiger partial charge in [-0.2, -0.15) is 0 Å². The Bertz CT molecular complexity index is 651. The highest BCUT2D eigenvalue weighted by atomic mass is 127. The average Bonchev–Trinajstić information content (AvgIpc) is 2.79. The summed E-state index contributed by atoms with van der Waals surface area (Å²) in [5.74, 6) is 0.859. The Balaban J connectivity index is 0.00000264. The lowest BCUT2D eigenvalue weighted by molar-refractivity contribution is 0.461. The van der Waals surface area contributed by atoms with Gasteiger partial charge in [-0.05, 0) is 40.5 Å². The summed E-state index contributed by atoms with van der Waals surface area (Å²) in [5.41, 5.74) is 3.38. The van der Waals surface area contributed by atoms with Crippen molar-refractivity contribution in [2.75, 3.05) is 14.1 Å². The number of hydrogen-bond donors (Lipinski definition) is 1. The molecule has 0 amide bonds. The molecule has 2 rings (SSSR count). The Morgan fingerprint density at radius 1 is 1.43 bits per heavy atom. The van der Waals surface area contributed by atoms with Crippen molar-refractivity contribution in [3.8, 4) is 0 Å². The number of nitrogens with one attached hydrogen (secondary N) is 1. The Morgan fingerprint density at radius 3 is 2.70 bits per heavy atom. The molecule has 0 aliphatic rings. The predicted octanol–water partition coefficient (Wildman–Crippen LogP) is 3.32. The van der Waals surface area contributed by atoms with Crippen molar-refractivity contribution in [1.29, 1.82) is 0 Å². The Hall–Kier alpha value is -1.09. The number of nitrogens with zero attached hydrogens (tertiary/aromatic N) is 4. The number of guanidine groups is 1. The van der Waals surface area contributed by atoms with Gasteiger partial charge in [0.2, 0.25) is 0 Å². The molecule has 0 saturated heterocycles. The van der Waals surface area contributed by atoms with E-state index in [1.165, 1.54) is 5.69 Å². The molecule has 0 unspecified atom stereocenters. The third kappa shape index (κ3) is 5.80. The lowest BCUT2D eigenvalue weighted by atomic mass is 10.2. The zero-order valence-corrected chi connectivity index (χ0v) is 17.8. The van der Waals surface area contributed by atoms with Crippen LogP contribution < -0.4 is 5.32 Å². The summed E-state index contributed by atoms with van der Waals surface area (Å²) in [5, 5.41) is 3.37. The predicted molar refractivity (Wildman–Crippen MR) is 109 cm³/mol. The van der Waals surface area contributed by atoms with Crippen molar-refractivity contribution < 1.29 is 0 Å². The smallest absolute Gasteiger partial charge is 0.194 e. The largest absolute Gasteiger partial charge is 0.352 e. The minimum atomic E-state index is 0. The van der Waals surface area contributed by atoms with Gasteiger partial charge in [0, 0.05) is 55.9 Å². The molecule has 0 bridgehead atoms. The van der Waals surface area contributed by atoms with E-state index in [0.717, 1.165) is 28.2 Å². The summed E-state index contributed by atoms with van der Waals surface area (Å²) in [6.45, 7) is 3.48. The van der Waals surface area contributed by atoms with Crippen LogP contribution >= 0.6 is 39.9 Å². The van der Waals surface area contributed by atoms with Gasteiger partial charge >= 0.3 is 0 Å². The first-order valence-electron chi connectivity index (χ1n) is 7.13. The van der Waals surface area contributed by atoms with Crippen LogP contribution in [0.5, 0.6) is 0 Å². The second kappa shape index (κ2) is 9.27. The molecule has 0 aliphatic heterocycles. The fourth-order valence-corrected chi connectivity index (χ4v) is 2.78. The van der Waals surface area contributed by atoms with E-state index >= 15 is 0 Å². The van der Waals surface area contributed by atoms with E-state index in [1.54, 1.807) is 7.05 Å². The van der Waals surface area contributed by atoms with Crippen LogP contribution in [0.25, 0.3) is 0 Å². The first-order chi connectivity index (χ1) is 10.5. The molecule has 0 radical (unpaired) electrons. The fourth-order valence-electron chi connectivity index (χ4n) is 2.21. The molecule has 0 aliphatic carbocycles. The number of rotatable bonds is 4. The van der Waals surface area contributed by atoms with Gasteiger partial charge in [0.15, 0.2) is 5.96 Å². The van der Waals surface area contributed by atoms with Gasteiger partial charge in [0.25, 0.3) is 0 Å². The number of aromatic nitrogens is 2. The zero-order valence-electron chi connectivity index (χ0n) is 13.9. The SMILES string of the molecule is CN=C(NCc1ccc(C)nc1)N(C)Cc1cc(Br)cn1C.I. The van der Waals surface area contributed by atoms with Crippen LogP contribution in [0.4, 0.5) is 0 Å². The van der Waals surface area contributed by atoms with Crippen molar-refractivity contribution in [1.82, 2.24) is 19.8 Å². The lowest BCUT2D eigenvalue weighted by Gasteiger charge is -2.22. The Kier molecular flexibility index (Phi) is 8.04. The van der Waals surface area contributed by atoms with E-state index in [9.17, 15) is 0 Å². The van der Waals surface area contributed by atoms with Gasteiger partial charge in [0.1, 0.15) is 0 Å². The molecule has 0 saturated carbocycles. The van der Waals surface area contributed by atoms with Crippen molar-refractivity contribution in [3.05, 3.63) is 52.0 Å². The maximum atomic E-state index is 4.34. The van der Waals surface area contributed by atoms with Gasteiger partial charge in [-0.25, -0.2) is 0 Å². The van der Waals surface area contributed by atoms with Gasteiger partial charge < -0.3 is 14.8 Å². The monoisotopic (exact) mass is 491 g/mol. The first kappa shape index (κ1) is 20.0. The molecular weight excluding hydrogens is 469 g/mol. The summed E-state index contributed by atoms with van der Waals surface area (Å²) >= 11 is 3.50. The minimum absolute atomic E-state index is 0. The quantitative estimate of drug-likeness (QED) is 0.405. The minimum Gasteiger partial charge on any atom is -0.352 e. The number of pyridine rings is 1. The summed E-state index contributed by atoms with van der Waals surface area (Å²) in [6, 6.07) is 6.22. The fraction of sp³-hybridized carbons (Fsp3) is 0.375. The van der Waals surface area contributed by atoms with Crippen LogP contribution in [0.1, 0.15) is 17.0 Å². The molecule has 0 spiro atoms. The summed E-state index contributed by atoms with van der Waals surface area (Å²) in [6.07, 6.45) is 3.95. The molecule has 2 heterocycles. The molecule has 2 aromatic rings. The summed E-state index contributed by atoms with van der Waals surface area (Å²) in [4.78, 5) is 10.8. The standard InChI is InChI=1S/C16H22BrN5.HI/c1-12-5-6-13(8-19-12)9-20-16(18-2)22(4)11-15-7-14(17)10-21(15)3;/h5-8,10H,9,11H2,1-4H3,(H,18,20);1H. The third-order valence-electron chi connectivity index (χ3n) is 3.47. The Labute approximate surface area is 163 Å². The molecule has 1 N–H and O–H groups in total. The van der Waals surface area contributed by atoms with Crippen LogP contribution in [0.2, 0.25) is 0 Å². The van der Waals surface area contributed by atoms with Crippen molar-refractivity contribution in [2.45, 2.75) is 20.0 Å². The summed E-state index contributed by atoms with van der Waals surface area (Å²) < 4.78 is 3.20. The maximum Gasteiger partial charge on any atom is 0.194 e. The molecule has 0 atom stereocenters. The van der Waals surface area contributed by atoms with Crippen LogP contribution in [-0.2, 0) is 20.1 Å². The molecule has 23 heavy (non-hydrogen) atoms. The van der Waals surface area contributed by atoms with Gasteiger partial charge in [-0.1, -0.05) is 6.07 Å². The van der Waals surface area contributed by atoms with Crippen LogP contribution in [0.3, 0.4) is 0 Å². The molecular formula is C16H23BrIN5. The van der Waals surface area contributed by atoms with Gasteiger partial charge in [0.05, 0.1) is 6.54 Å². The third-order valence-corrected chi connectivity index (χ3v) is 3.90. The lowest BCUT2D eigenvalue weighted by Crippen LogP contribution is -2.38. The summed E-state index contributed by atoms with van der Waals surface area (Å²) in [7, 11) is 5.87. The highest BCUT2D eigenvalue weighted by Crippen LogP contribution is 2.15. The molecule has 7 heteroatoms. The second-order valence-electron chi connectivity index (χ2n) is 5.33. The topological polar surface area (TPSA) is 45.5 Å². The van der Waals surface area contributed by atoms with Crippen LogP contribution in [0.15, 0.2) is 40.1 Å². The Morgan fingerprint density at radius 2 is 2.17 bits per heavy atom. The number of hydrogen-bond acceptors (Lipinski definition) is 2. The molecule has 5 nitrogen and oxygen atoms in total. The number of aliphatic imine (C=N–C) groups is 1. The van der Waals surface area contributed by atoms with Crippen molar-refractivity contribution >= 4 is 45.9 Å². The number of halogens is 2.